The summed E-state index contributed by atoms with van der Waals surface area (Å²) >= 11 is 0. The zero-order valence-electron chi connectivity index (χ0n) is 7.49. The van der Waals surface area contributed by atoms with Crippen LogP contribution in [0.2, 0.25) is 0 Å². The molecular formula is C11H9NO2. The van der Waals surface area contributed by atoms with Crippen LogP contribution in [0.15, 0.2) is 35.1 Å². The van der Waals surface area contributed by atoms with Crippen molar-refractivity contribution in [2.45, 2.75) is 6.10 Å². The number of nitrogens with one attached hydrogen (secondary N) is 1. The van der Waals surface area contributed by atoms with Gasteiger partial charge in [-0.2, -0.15) is 0 Å². The third-order valence-electron chi connectivity index (χ3n) is 2.46. The van der Waals surface area contributed by atoms with Crippen molar-refractivity contribution in [1.29, 1.82) is 0 Å². The van der Waals surface area contributed by atoms with Gasteiger partial charge in [0.05, 0.1) is 6.61 Å². The second kappa shape index (κ2) is 2.69. The van der Waals surface area contributed by atoms with E-state index in [-0.39, 0.29) is 11.7 Å². The van der Waals surface area contributed by atoms with Crippen molar-refractivity contribution >= 4 is 10.9 Å². The van der Waals surface area contributed by atoms with Crippen molar-refractivity contribution in [1.82, 2.24) is 4.98 Å². The molecule has 1 aliphatic rings. The predicted octanol–water partition coefficient (Wildman–Crippen LogP) is 1.60. The normalized spacial score (nSPS) is 19.9. The highest BCUT2D eigenvalue weighted by molar-refractivity contribution is 5.78. The van der Waals surface area contributed by atoms with E-state index in [1.165, 1.54) is 0 Å². The summed E-state index contributed by atoms with van der Waals surface area (Å²) in [7, 11) is 0. The number of ether oxygens (including phenoxy) is 1. The zero-order valence-corrected chi connectivity index (χ0v) is 7.49. The molecule has 14 heavy (non-hydrogen) atoms. The highest BCUT2D eigenvalue weighted by Gasteiger charge is 2.27. The molecule has 70 valence electrons. The van der Waals surface area contributed by atoms with Crippen LogP contribution in [0, 0.1) is 0 Å². The topological polar surface area (TPSA) is 45.4 Å². The quantitative estimate of drug-likeness (QED) is 0.689. The van der Waals surface area contributed by atoms with E-state index in [9.17, 15) is 4.79 Å². The van der Waals surface area contributed by atoms with Gasteiger partial charge in [0.25, 0.3) is 5.56 Å². The average molecular weight is 187 g/mol. The first-order valence-corrected chi connectivity index (χ1v) is 4.58. The number of hydrogen-bond acceptors (Lipinski definition) is 2. The fourth-order valence-corrected chi connectivity index (χ4v) is 1.63. The molecule has 0 amide bonds. The molecule has 0 aliphatic carbocycles. The fourth-order valence-electron chi connectivity index (χ4n) is 1.63. The van der Waals surface area contributed by atoms with Crippen LogP contribution in [0.5, 0.6) is 0 Å². The summed E-state index contributed by atoms with van der Waals surface area (Å²) in [4.78, 5) is 14.4. The van der Waals surface area contributed by atoms with Crippen LogP contribution < -0.4 is 5.56 Å². The van der Waals surface area contributed by atoms with Gasteiger partial charge < -0.3 is 9.72 Å². The lowest BCUT2D eigenvalue weighted by Crippen LogP contribution is -2.11. The Morgan fingerprint density at radius 3 is 2.93 bits per heavy atom. The number of rotatable bonds is 1. The summed E-state index contributed by atoms with van der Waals surface area (Å²) in [6.07, 6.45) is 0.0170. The average Bonchev–Trinajstić information content (AvgIpc) is 3.00. The maximum atomic E-state index is 11.6. The molecule has 0 bridgehead atoms. The molecule has 1 atom stereocenters. The highest BCUT2D eigenvalue weighted by atomic mass is 16.6. The molecule has 0 radical (unpaired) electrons. The summed E-state index contributed by atoms with van der Waals surface area (Å²) in [6.45, 7) is 0.668. The van der Waals surface area contributed by atoms with Gasteiger partial charge in [-0.25, -0.2) is 0 Å². The van der Waals surface area contributed by atoms with E-state index < -0.39 is 0 Å². The van der Waals surface area contributed by atoms with Crippen molar-refractivity contribution in [3.05, 3.63) is 46.2 Å². The van der Waals surface area contributed by atoms with Gasteiger partial charge in [-0.3, -0.25) is 4.79 Å². The number of fused-ring (bicyclic) bond motifs is 1. The van der Waals surface area contributed by atoms with Gasteiger partial charge in [-0.1, -0.05) is 18.2 Å². The molecular weight excluding hydrogens is 178 g/mol. The first-order chi connectivity index (χ1) is 6.84. The molecule has 1 N–H and O–H groups in total. The van der Waals surface area contributed by atoms with Crippen molar-refractivity contribution in [3.63, 3.8) is 0 Å². The number of H-pyrrole nitrogens is 1. The van der Waals surface area contributed by atoms with E-state index in [1.807, 2.05) is 30.3 Å². The number of epoxide rings is 1. The summed E-state index contributed by atoms with van der Waals surface area (Å²) in [5, 5.41) is 1.05. The lowest BCUT2D eigenvalue weighted by Gasteiger charge is -1.99. The van der Waals surface area contributed by atoms with Crippen molar-refractivity contribution in [2.24, 2.45) is 0 Å². The van der Waals surface area contributed by atoms with E-state index in [2.05, 4.69) is 4.98 Å². The standard InChI is InChI=1S/C11H9NO2/c13-11-8(10-6-14-10)5-7-3-1-2-4-9(7)12-11/h1-5,10H,6H2,(H,12,13)/t10-/m1/s1. The van der Waals surface area contributed by atoms with Gasteiger partial charge >= 0.3 is 0 Å². The minimum absolute atomic E-state index is 0.0170. The Hall–Kier alpha value is -1.61. The number of hydrogen-bond donors (Lipinski definition) is 1. The van der Waals surface area contributed by atoms with Crippen LogP contribution in [-0.2, 0) is 4.74 Å². The predicted molar refractivity (Wildman–Crippen MR) is 53.3 cm³/mol. The van der Waals surface area contributed by atoms with Crippen LogP contribution in [-0.4, -0.2) is 11.6 Å². The van der Waals surface area contributed by atoms with Gasteiger partial charge in [-0.05, 0) is 17.5 Å². The molecule has 1 saturated heterocycles. The first kappa shape index (κ1) is 7.76. The second-order valence-electron chi connectivity index (χ2n) is 3.46. The Morgan fingerprint density at radius 1 is 1.36 bits per heavy atom. The molecule has 1 aromatic carbocycles. The second-order valence-corrected chi connectivity index (χ2v) is 3.46. The summed E-state index contributed by atoms with van der Waals surface area (Å²) < 4.78 is 5.10. The Balaban J connectivity index is 2.32. The van der Waals surface area contributed by atoms with Crippen LogP contribution in [0.1, 0.15) is 11.7 Å². The molecule has 0 unspecified atom stereocenters. The first-order valence-electron chi connectivity index (χ1n) is 4.58. The SMILES string of the molecule is O=c1[nH]c2ccccc2cc1[C@H]1CO1. The molecule has 2 heterocycles. The maximum absolute atomic E-state index is 11.6. The smallest absolute Gasteiger partial charge is 0.254 e. The largest absolute Gasteiger partial charge is 0.368 e. The number of benzene rings is 1. The fraction of sp³-hybridized carbons (Fsp3) is 0.182. The van der Waals surface area contributed by atoms with Gasteiger partial charge in [-0.15, -0.1) is 0 Å². The lowest BCUT2D eigenvalue weighted by molar-refractivity contribution is 0.414. The van der Waals surface area contributed by atoms with Crippen LogP contribution in [0.4, 0.5) is 0 Å². The van der Waals surface area contributed by atoms with Crippen LogP contribution >= 0.6 is 0 Å². The molecule has 1 fully saturated rings. The van der Waals surface area contributed by atoms with Crippen molar-refractivity contribution in [3.8, 4) is 0 Å². The number of pyridine rings is 1. The van der Waals surface area contributed by atoms with E-state index in [0.29, 0.717) is 6.61 Å². The minimum Gasteiger partial charge on any atom is -0.368 e. The van der Waals surface area contributed by atoms with Crippen molar-refractivity contribution in [2.75, 3.05) is 6.61 Å². The molecule has 1 aromatic heterocycles. The third-order valence-corrected chi connectivity index (χ3v) is 2.46. The molecule has 3 nitrogen and oxygen atoms in total. The van der Waals surface area contributed by atoms with Crippen LogP contribution in [0.3, 0.4) is 0 Å². The van der Waals surface area contributed by atoms with E-state index >= 15 is 0 Å². The maximum Gasteiger partial charge on any atom is 0.254 e. The zero-order chi connectivity index (χ0) is 9.54. The van der Waals surface area contributed by atoms with Gasteiger partial charge in [0.15, 0.2) is 0 Å². The van der Waals surface area contributed by atoms with Gasteiger partial charge in [0, 0.05) is 11.1 Å². The number of para-hydroxylation sites is 1. The van der Waals surface area contributed by atoms with E-state index in [1.54, 1.807) is 0 Å². The summed E-state index contributed by atoms with van der Waals surface area (Å²) in [5.74, 6) is 0. The monoisotopic (exact) mass is 187 g/mol. The molecule has 0 spiro atoms. The van der Waals surface area contributed by atoms with Crippen LogP contribution in [0.25, 0.3) is 10.9 Å². The molecule has 2 aromatic rings. The highest BCUT2D eigenvalue weighted by Crippen LogP contribution is 2.28. The summed E-state index contributed by atoms with van der Waals surface area (Å²) in [5.41, 5.74) is 1.58. The van der Waals surface area contributed by atoms with Gasteiger partial charge in [0.2, 0.25) is 0 Å². The number of aromatic nitrogens is 1. The van der Waals surface area contributed by atoms with Crippen molar-refractivity contribution < 1.29 is 4.74 Å². The molecule has 1 aliphatic heterocycles. The Labute approximate surface area is 80.3 Å². The Kier molecular flexibility index (Phi) is 1.49. The molecule has 0 saturated carbocycles. The minimum atomic E-state index is -0.0359. The molecule has 3 heteroatoms. The van der Waals surface area contributed by atoms with E-state index in [0.717, 1.165) is 16.5 Å². The Bertz CT molecular complexity index is 540. The van der Waals surface area contributed by atoms with Gasteiger partial charge in [0.1, 0.15) is 6.10 Å². The number of aromatic amines is 1. The summed E-state index contributed by atoms with van der Waals surface area (Å²) in [6, 6.07) is 9.65. The Morgan fingerprint density at radius 2 is 2.14 bits per heavy atom. The third kappa shape index (κ3) is 1.14. The molecule has 3 rings (SSSR count). The van der Waals surface area contributed by atoms with E-state index in [4.69, 9.17) is 4.74 Å². The lowest BCUT2D eigenvalue weighted by atomic mass is 10.1.